The Morgan fingerprint density at radius 3 is 2.46 bits per heavy atom. The van der Waals surface area contributed by atoms with Crippen LogP contribution in [-0.2, 0) is 21.3 Å². The fraction of sp³-hybridized carbons (Fsp3) is 0.200. The van der Waals surface area contributed by atoms with E-state index in [9.17, 15) is 23.3 Å². The number of non-ortho nitro benzene ring substituents is 1. The van der Waals surface area contributed by atoms with E-state index in [1.807, 2.05) is 13.8 Å². The van der Waals surface area contributed by atoms with Gasteiger partial charge < -0.3 is 9.30 Å². The molecule has 37 heavy (non-hydrogen) atoms. The fourth-order valence-corrected chi connectivity index (χ4v) is 5.69. The van der Waals surface area contributed by atoms with Crippen molar-refractivity contribution in [1.82, 2.24) is 4.57 Å². The number of fused-ring (bicyclic) bond motifs is 1. The van der Waals surface area contributed by atoms with Crippen LogP contribution < -0.4 is 9.52 Å². The maximum Gasteiger partial charge on any atom is 0.279 e. The highest BCUT2D eigenvalue weighted by Gasteiger charge is 2.16. The Kier molecular flexibility index (Phi) is 7.81. The molecule has 1 N–H and O–H groups in total. The van der Waals surface area contributed by atoms with Crippen molar-refractivity contribution in [3.8, 4) is 0 Å². The normalized spacial score (nSPS) is 12.1. The number of nitrogens with zero attached hydrogens (tertiary/aromatic N) is 3. The number of nitrogens with one attached hydrogen (secondary N) is 1. The quantitative estimate of drug-likeness (QED) is 0.189. The molecule has 0 aliphatic rings. The molecule has 0 atom stereocenters. The first-order valence-electron chi connectivity index (χ1n) is 11.3. The molecule has 0 unspecified atom stereocenters. The monoisotopic (exact) mass is 540 g/mol. The number of amides is 1. The van der Waals surface area contributed by atoms with Crippen LogP contribution in [0.1, 0.15) is 22.8 Å². The molecule has 12 heteroatoms. The second-order valence-electron chi connectivity index (χ2n) is 8.06. The minimum absolute atomic E-state index is 0.0488. The Morgan fingerprint density at radius 2 is 1.81 bits per heavy atom. The molecular weight excluding hydrogens is 516 g/mol. The molecule has 0 saturated heterocycles. The van der Waals surface area contributed by atoms with Gasteiger partial charge in [-0.3, -0.25) is 19.6 Å². The number of nitro groups is 1. The molecule has 4 rings (SSSR count). The van der Waals surface area contributed by atoms with E-state index in [2.05, 4.69) is 9.71 Å². The maximum atomic E-state index is 12.9. The minimum Gasteiger partial charge on any atom is -0.380 e. The van der Waals surface area contributed by atoms with E-state index in [1.54, 1.807) is 22.8 Å². The highest BCUT2D eigenvalue weighted by atomic mass is 32.2. The zero-order valence-corrected chi connectivity index (χ0v) is 21.7. The van der Waals surface area contributed by atoms with Gasteiger partial charge in [-0.05, 0) is 56.3 Å². The topological polar surface area (TPSA) is 133 Å². The van der Waals surface area contributed by atoms with Gasteiger partial charge in [-0.15, -0.1) is 0 Å². The largest absolute Gasteiger partial charge is 0.380 e. The fourth-order valence-electron chi connectivity index (χ4n) is 3.54. The Bertz CT molecular complexity index is 1620. The third-order valence-electron chi connectivity index (χ3n) is 5.45. The number of thiazole rings is 1. The number of benzene rings is 3. The molecular formula is C25H24N4O6S2. The van der Waals surface area contributed by atoms with Gasteiger partial charge in [-0.2, -0.15) is 4.99 Å². The lowest BCUT2D eigenvalue weighted by Crippen LogP contribution is -2.19. The molecule has 10 nitrogen and oxygen atoms in total. The van der Waals surface area contributed by atoms with Crippen molar-refractivity contribution in [3.05, 3.63) is 92.8 Å². The van der Waals surface area contributed by atoms with E-state index < -0.39 is 20.9 Å². The molecule has 1 amide bonds. The standard InChI is InChI=1S/C25H24N4O6S2/c1-3-35-15-14-28-22-13-10-20(29(31)32)16-23(22)36-25(28)26-24(30)18-6-8-19(9-7-18)27-37(33,34)21-11-4-17(2)5-12-21/h4-13,16,27H,3,14-15H2,1-2H3. The summed E-state index contributed by atoms with van der Waals surface area (Å²) in [5.41, 5.74) is 2.17. The number of carbonyl (C=O) groups is 1. The molecule has 0 bridgehead atoms. The third kappa shape index (κ3) is 6.10. The van der Waals surface area contributed by atoms with Crippen molar-refractivity contribution in [3.63, 3.8) is 0 Å². The first-order valence-corrected chi connectivity index (χ1v) is 13.6. The molecule has 1 aromatic heterocycles. The summed E-state index contributed by atoms with van der Waals surface area (Å²) >= 11 is 1.17. The van der Waals surface area contributed by atoms with Crippen molar-refractivity contribution in [2.45, 2.75) is 25.3 Å². The van der Waals surface area contributed by atoms with Crippen LogP contribution in [0.2, 0.25) is 0 Å². The van der Waals surface area contributed by atoms with Gasteiger partial charge in [-0.25, -0.2) is 8.42 Å². The van der Waals surface area contributed by atoms with E-state index in [-0.39, 0.29) is 16.1 Å². The molecule has 0 fully saturated rings. The predicted molar refractivity (Wildman–Crippen MR) is 141 cm³/mol. The van der Waals surface area contributed by atoms with Gasteiger partial charge in [0.2, 0.25) is 0 Å². The number of nitro benzene ring substituents is 1. The lowest BCUT2D eigenvalue weighted by molar-refractivity contribution is -0.384. The summed E-state index contributed by atoms with van der Waals surface area (Å²) < 4.78 is 35.6. The molecule has 192 valence electrons. The van der Waals surface area contributed by atoms with Crippen molar-refractivity contribution in [2.75, 3.05) is 17.9 Å². The average molecular weight is 541 g/mol. The summed E-state index contributed by atoms with van der Waals surface area (Å²) in [5, 5.41) is 11.2. The lowest BCUT2D eigenvalue weighted by Gasteiger charge is -2.08. The highest BCUT2D eigenvalue weighted by molar-refractivity contribution is 7.92. The van der Waals surface area contributed by atoms with E-state index in [1.165, 1.54) is 59.9 Å². The van der Waals surface area contributed by atoms with Crippen molar-refractivity contribution in [1.29, 1.82) is 0 Å². The summed E-state index contributed by atoms with van der Waals surface area (Å²) in [6.45, 7) is 5.07. The summed E-state index contributed by atoms with van der Waals surface area (Å²) in [4.78, 5) is 28.4. The van der Waals surface area contributed by atoms with Crippen molar-refractivity contribution >= 4 is 48.9 Å². The van der Waals surface area contributed by atoms with Crippen LogP contribution in [-0.4, -0.2) is 37.0 Å². The van der Waals surface area contributed by atoms with Gasteiger partial charge in [0.25, 0.3) is 21.6 Å². The van der Waals surface area contributed by atoms with Crippen LogP contribution in [0.5, 0.6) is 0 Å². The number of hydrogen-bond donors (Lipinski definition) is 1. The van der Waals surface area contributed by atoms with Gasteiger partial charge in [0, 0.05) is 36.5 Å². The van der Waals surface area contributed by atoms with Crippen LogP contribution >= 0.6 is 11.3 Å². The summed E-state index contributed by atoms with van der Waals surface area (Å²) in [7, 11) is -3.77. The Morgan fingerprint density at radius 1 is 1.11 bits per heavy atom. The Labute approximate surface area is 217 Å². The van der Waals surface area contributed by atoms with Crippen molar-refractivity contribution < 1.29 is 22.9 Å². The molecule has 4 aromatic rings. The number of rotatable bonds is 9. The first-order chi connectivity index (χ1) is 17.7. The summed E-state index contributed by atoms with van der Waals surface area (Å²) in [5.74, 6) is -0.529. The van der Waals surface area contributed by atoms with Gasteiger partial charge in [0.05, 0.1) is 26.6 Å². The van der Waals surface area contributed by atoms with Gasteiger partial charge in [-0.1, -0.05) is 29.0 Å². The Balaban J connectivity index is 1.61. The van der Waals surface area contributed by atoms with Crippen LogP contribution in [0, 0.1) is 17.0 Å². The van der Waals surface area contributed by atoms with E-state index in [4.69, 9.17) is 4.74 Å². The molecule has 0 radical (unpaired) electrons. The SMILES string of the molecule is CCOCCn1c(=NC(=O)c2ccc(NS(=O)(=O)c3ccc(C)cc3)cc2)sc2cc([N+](=O)[O-])ccc21. The smallest absolute Gasteiger partial charge is 0.279 e. The highest BCUT2D eigenvalue weighted by Crippen LogP contribution is 2.23. The predicted octanol–water partition coefficient (Wildman–Crippen LogP) is 4.50. The van der Waals surface area contributed by atoms with Crippen LogP contribution in [0.4, 0.5) is 11.4 Å². The van der Waals surface area contributed by atoms with Crippen molar-refractivity contribution in [2.24, 2.45) is 4.99 Å². The van der Waals surface area contributed by atoms with Crippen LogP contribution in [0.25, 0.3) is 10.2 Å². The number of sulfonamides is 1. The number of carbonyl (C=O) groups excluding carboxylic acids is 1. The van der Waals surface area contributed by atoms with Crippen LogP contribution in [0.3, 0.4) is 0 Å². The zero-order valence-electron chi connectivity index (χ0n) is 20.1. The average Bonchev–Trinajstić information content (AvgIpc) is 3.20. The second-order valence-corrected chi connectivity index (χ2v) is 10.7. The molecule has 1 heterocycles. The number of anilines is 1. The Hall–Kier alpha value is -3.87. The minimum atomic E-state index is -3.77. The lowest BCUT2D eigenvalue weighted by atomic mass is 10.2. The van der Waals surface area contributed by atoms with Crippen LogP contribution in [0.15, 0.2) is 76.6 Å². The van der Waals surface area contributed by atoms with Gasteiger partial charge in [0.15, 0.2) is 4.80 Å². The number of ether oxygens (including phenoxy) is 1. The second kappa shape index (κ2) is 11.0. The summed E-state index contributed by atoms with van der Waals surface area (Å²) in [6, 6.07) is 16.9. The maximum absolute atomic E-state index is 12.9. The molecule has 0 saturated carbocycles. The summed E-state index contributed by atoms with van der Waals surface area (Å²) in [6.07, 6.45) is 0. The molecule has 3 aromatic carbocycles. The van der Waals surface area contributed by atoms with Gasteiger partial charge >= 0.3 is 0 Å². The zero-order chi connectivity index (χ0) is 26.6. The van der Waals surface area contributed by atoms with E-state index in [0.29, 0.717) is 40.5 Å². The first kappa shape index (κ1) is 26.2. The van der Waals surface area contributed by atoms with E-state index in [0.717, 1.165) is 5.56 Å². The van der Waals surface area contributed by atoms with Gasteiger partial charge in [0.1, 0.15) is 0 Å². The molecule has 0 spiro atoms. The number of aromatic nitrogens is 1. The molecule has 0 aliphatic heterocycles. The van der Waals surface area contributed by atoms with E-state index >= 15 is 0 Å². The number of hydrogen-bond acceptors (Lipinski definition) is 7. The molecule has 0 aliphatic carbocycles. The number of aryl methyl sites for hydroxylation is 1. The third-order valence-corrected chi connectivity index (χ3v) is 7.89.